The second kappa shape index (κ2) is 5.48. The van der Waals surface area contributed by atoms with E-state index in [1.54, 1.807) is 20.8 Å². The molecule has 1 aliphatic heterocycles. The van der Waals surface area contributed by atoms with Gasteiger partial charge in [0.1, 0.15) is 6.61 Å². The Balaban J connectivity index is 2.83. The molecule has 0 fully saturated rings. The van der Waals surface area contributed by atoms with Gasteiger partial charge in [0.15, 0.2) is 9.84 Å². The Morgan fingerprint density at radius 3 is 2.67 bits per heavy atom. The molecule has 2 rings (SSSR count). The van der Waals surface area contributed by atoms with Gasteiger partial charge in [0, 0.05) is 12.0 Å². The van der Waals surface area contributed by atoms with E-state index in [9.17, 15) is 18.3 Å². The van der Waals surface area contributed by atoms with E-state index < -0.39 is 15.8 Å². The first-order valence-electron chi connectivity index (χ1n) is 6.59. The summed E-state index contributed by atoms with van der Waals surface area (Å²) in [6.45, 7) is 5.34. The largest absolute Gasteiger partial charge is 0.478 e. The Kier molecular flexibility index (Phi) is 4.04. The van der Waals surface area contributed by atoms with Gasteiger partial charge < -0.3 is 9.94 Å². The molecular formula is C14H17NO5S. The number of hydrogen-bond donors (Lipinski definition) is 1. The van der Waals surface area contributed by atoms with Crippen LogP contribution in [0.2, 0.25) is 0 Å². The minimum absolute atomic E-state index is 0.0430. The van der Waals surface area contributed by atoms with Gasteiger partial charge in [0.25, 0.3) is 0 Å². The highest BCUT2D eigenvalue weighted by Crippen LogP contribution is 2.33. The minimum Gasteiger partial charge on any atom is -0.478 e. The number of hydrogen-bond acceptors (Lipinski definition) is 5. The summed E-state index contributed by atoms with van der Waals surface area (Å²) in [5, 5.41) is 13.2. The number of nitrogens with zero attached hydrogens (tertiary/aromatic N) is 1. The van der Waals surface area contributed by atoms with Crippen molar-refractivity contribution in [1.82, 2.24) is 0 Å². The molecule has 0 saturated carbocycles. The van der Waals surface area contributed by atoms with E-state index in [1.165, 1.54) is 6.07 Å². The van der Waals surface area contributed by atoms with Gasteiger partial charge in [-0.25, -0.2) is 13.2 Å². The number of carboxylic acid groups (broad SMARTS) is 1. The van der Waals surface area contributed by atoms with Gasteiger partial charge in [-0.3, -0.25) is 0 Å². The van der Waals surface area contributed by atoms with E-state index in [-0.39, 0.29) is 22.6 Å². The molecule has 1 aromatic rings. The van der Waals surface area contributed by atoms with Crippen LogP contribution in [0.1, 0.15) is 40.4 Å². The predicted octanol–water partition coefficient (Wildman–Crippen LogP) is 1.92. The van der Waals surface area contributed by atoms with Gasteiger partial charge in [-0.05, 0) is 38.0 Å². The average Bonchev–Trinajstić information content (AvgIpc) is 2.40. The fourth-order valence-electron chi connectivity index (χ4n) is 2.55. The Morgan fingerprint density at radius 1 is 1.43 bits per heavy atom. The number of rotatable bonds is 3. The quantitative estimate of drug-likeness (QED) is 0.861. The van der Waals surface area contributed by atoms with Crippen LogP contribution in [0.5, 0.6) is 0 Å². The van der Waals surface area contributed by atoms with Gasteiger partial charge in [-0.2, -0.15) is 0 Å². The fourth-order valence-corrected chi connectivity index (χ4v) is 4.35. The minimum atomic E-state index is -3.42. The van der Waals surface area contributed by atoms with E-state index in [0.29, 0.717) is 29.0 Å². The summed E-state index contributed by atoms with van der Waals surface area (Å²) in [5.41, 5.74) is 1.80. The molecule has 1 N–H and O–H groups in total. The third kappa shape index (κ3) is 2.65. The summed E-state index contributed by atoms with van der Waals surface area (Å²) in [5.74, 6) is -1.13. The van der Waals surface area contributed by atoms with Gasteiger partial charge in [-0.1, -0.05) is 5.16 Å². The number of fused-ring (bicyclic) bond motifs is 1. The van der Waals surface area contributed by atoms with Gasteiger partial charge in [0.2, 0.25) is 0 Å². The molecule has 0 amide bonds. The van der Waals surface area contributed by atoms with Crippen LogP contribution < -0.4 is 0 Å². The van der Waals surface area contributed by atoms with Crippen LogP contribution in [0.25, 0.3) is 0 Å². The number of sulfone groups is 1. The maximum Gasteiger partial charge on any atom is 0.335 e. The van der Waals surface area contributed by atoms with E-state index in [4.69, 9.17) is 4.84 Å². The molecule has 1 aliphatic rings. The van der Waals surface area contributed by atoms with Crippen LogP contribution in [0.3, 0.4) is 0 Å². The molecule has 6 nitrogen and oxygen atoms in total. The summed E-state index contributed by atoms with van der Waals surface area (Å²) in [6, 6.07) is 1.40. The molecule has 0 aromatic heterocycles. The van der Waals surface area contributed by atoms with Crippen LogP contribution >= 0.6 is 0 Å². The number of benzene rings is 1. The lowest BCUT2D eigenvalue weighted by molar-refractivity contribution is 0.0695. The van der Waals surface area contributed by atoms with Crippen molar-refractivity contribution in [2.24, 2.45) is 5.16 Å². The summed E-state index contributed by atoms with van der Waals surface area (Å²) in [7, 11) is -3.42. The summed E-state index contributed by atoms with van der Waals surface area (Å²) >= 11 is 0. The highest BCUT2D eigenvalue weighted by molar-refractivity contribution is 7.91. The summed E-state index contributed by atoms with van der Waals surface area (Å²) in [4.78, 5) is 16.5. The maximum atomic E-state index is 12.3. The predicted molar refractivity (Wildman–Crippen MR) is 77.7 cm³/mol. The van der Waals surface area contributed by atoms with Crippen molar-refractivity contribution in [3.05, 3.63) is 28.3 Å². The lowest BCUT2D eigenvalue weighted by atomic mass is 9.94. The van der Waals surface area contributed by atoms with Crippen molar-refractivity contribution in [2.45, 2.75) is 32.1 Å². The number of carboxylic acids is 1. The molecule has 0 spiro atoms. The Morgan fingerprint density at radius 2 is 2.10 bits per heavy atom. The van der Waals surface area contributed by atoms with Gasteiger partial charge in [0.05, 0.1) is 21.9 Å². The van der Waals surface area contributed by atoms with Crippen LogP contribution in [-0.4, -0.2) is 37.6 Å². The van der Waals surface area contributed by atoms with E-state index in [2.05, 4.69) is 5.16 Å². The Labute approximate surface area is 123 Å². The molecule has 0 unspecified atom stereocenters. The third-order valence-corrected chi connectivity index (χ3v) is 5.36. The van der Waals surface area contributed by atoms with E-state index >= 15 is 0 Å². The first-order chi connectivity index (χ1) is 9.79. The highest BCUT2D eigenvalue weighted by atomic mass is 32.2. The summed E-state index contributed by atoms with van der Waals surface area (Å²) in [6.07, 6.45) is 0.221. The standard InChI is InChI=1S/C14H17NO5S/c1-4-20-15-11-5-6-21(18,19)13-8(2)7-10(14(16)17)9(3)12(11)13/h7H,4-6H2,1-3H3,(H,16,17)/b15-11-. The zero-order chi connectivity index (χ0) is 15.8. The van der Waals surface area contributed by atoms with Crippen LogP contribution in [0, 0.1) is 13.8 Å². The van der Waals surface area contributed by atoms with Crippen molar-refractivity contribution in [2.75, 3.05) is 12.4 Å². The van der Waals surface area contributed by atoms with Crippen LogP contribution in [-0.2, 0) is 14.7 Å². The van der Waals surface area contributed by atoms with Gasteiger partial charge in [-0.15, -0.1) is 0 Å². The van der Waals surface area contributed by atoms with Crippen molar-refractivity contribution < 1.29 is 23.2 Å². The Bertz CT molecular complexity index is 734. The molecule has 1 heterocycles. The fraction of sp³-hybridized carbons (Fsp3) is 0.429. The van der Waals surface area contributed by atoms with Gasteiger partial charge >= 0.3 is 5.97 Å². The normalized spacial score (nSPS) is 18.3. The summed E-state index contributed by atoms with van der Waals surface area (Å²) < 4.78 is 24.6. The second-order valence-electron chi connectivity index (χ2n) is 4.90. The van der Waals surface area contributed by atoms with Crippen molar-refractivity contribution in [3.63, 3.8) is 0 Å². The maximum absolute atomic E-state index is 12.3. The number of oxime groups is 1. The molecule has 1 aromatic carbocycles. The molecule has 7 heteroatoms. The molecule has 0 saturated heterocycles. The van der Waals surface area contributed by atoms with Crippen LogP contribution in [0.4, 0.5) is 0 Å². The smallest absolute Gasteiger partial charge is 0.335 e. The molecule has 0 radical (unpaired) electrons. The number of carbonyl (C=O) groups is 1. The number of aryl methyl sites for hydroxylation is 1. The second-order valence-corrected chi connectivity index (χ2v) is 6.95. The monoisotopic (exact) mass is 311 g/mol. The first kappa shape index (κ1) is 15.5. The van der Waals surface area contributed by atoms with E-state index in [1.807, 2.05) is 0 Å². The zero-order valence-electron chi connectivity index (χ0n) is 12.1. The van der Waals surface area contributed by atoms with Crippen LogP contribution in [0.15, 0.2) is 16.1 Å². The topological polar surface area (TPSA) is 93.0 Å². The SMILES string of the molecule is CCO/N=C1/CCS(=O)(=O)c2c(C)cc(C(=O)O)c(C)c21. The lowest BCUT2D eigenvalue weighted by Crippen LogP contribution is -2.26. The molecule has 0 aliphatic carbocycles. The van der Waals surface area contributed by atoms with Crippen molar-refractivity contribution >= 4 is 21.5 Å². The van der Waals surface area contributed by atoms with Crippen molar-refractivity contribution in [3.8, 4) is 0 Å². The zero-order valence-corrected chi connectivity index (χ0v) is 13.0. The number of aromatic carboxylic acids is 1. The van der Waals surface area contributed by atoms with Crippen molar-refractivity contribution in [1.29, 1.82) is 0 Å². The average molecular weight is 311 g/mol. The molecule has 0 bridgehead atoms. The molecule has 21 heavy (non-hydrogen) atoms. The lowest BCUT2D eigenvalue weighted by Gasteiger charge is -2.23. The molecule has 114 valence electrons. The first-order valence-corrected chi connectivity index (χ1v) is 8.24. The molecular weight excluding hydrogens is 294 g/mol. The molecule has 0 atom stereocenters. The third-order valence-electron chi connectivity index (χ3n) is 3.47. The Hall–Kier alpha value is -1.89. The van der Waals surface area contributed by atoms with E-state index in [0.717, 1.165) is 0 Å². The highest BCUT2D eigenvalue weighted by Gasteiger charge is 2.33.